The molecule has 0 aromatic carbocycles. The minimum atomic E-state index is -4.26. The largest absolute Gasteiger partial charge is 0.469 e. The molecule has 0 spiro atoms. The number of ether oxygens (including phenoxy) is 1. The highest BCUT2D eigenvalue weighted by molar-refractivity contribution is 9.11. The van der Waals surface area contributed by atoms with Gasteiger partial charge in [-0.3, -0.25) is 0 Å². The van der Waals surface area contributed by atoms with Crippen molar-refractivity contribution in [2.45, 2.75) is 52.3 Å². The molecule has 2 atom stereocenters. The van der Waals surface area contributed by atoms with E-state index in [-0.39, 0.29) is 25.0 Å². The molecular formula is C19H32BrF3N4O2. The molecule has 0 aromatic rings. The summed E-state index contributed by atoms with van der Waals surface area (Å²) in [5.41, 5.74) is 5.26. The first kappa shape index (κ1) is 27.5. The number of hydrogen-bond donors (Lipinski definition) is 3. The molecule has 0 aromatic heterocycles. The van der Waals surface area contributed by atoms with Crippen LogP contribution in [0.2, 0.25) is 0 Å². The van der Waals surface area contributed by atoms with Gasteiger partial charge in [-0.05, 0) is 52.0 Å². The van der Waals surface area contributed by atoms with Crippen molar-refractivity contribution < 1.29 is 23.0 Å². The number of alkyl halides is 3. The summed E-state index contributed by atoms with van der Waals surface area (Å²) in [7, 11) is 0. The van der Waals surface area contributed by atoms with Gasteiger partial charge in [0.15, 0.2) is 0 Å². The lowest BCUT2D eigenvalue weighted by Crippen LogP contribution is -2.26. The second-order valence-corrected chi connectivity index (χ2v) is 7.37. The van der Waals surface area contributed by atoms with Crippen LogP contribution in [0, 0.1) is 11.8 Å². The molecule has 5 N–H and O–H groups in total. The third-order valence-corrected chi connectivity index (χ3v) is 4.61. The maximum Gasteiger partial charge on any atom is 0.396 e. The molecule has 0 saturated heterocycles. The smallest absolute Gasteiger partial charge is 0.396 e. The Morgan fingerprint density at radius 3 is 2.45 bits per heavy atom. The molecule has 0 bridgehead atoms. The summed E-state index contributed by atoms with van der Waals surface area (Å²) in [5.74, 6) is 5.10. The molecule has 1 saturated carbocycles. The maximum atomic E-state index is 12.3. The molecule has 29 heavy (non-hydrogen) atoms. The van der Waals surface area contributed by atoms with Crippen LogP contribution in [0.25, 0.3) is 0 Å². The number of nitrogens with two attached hydrogens (primary N) is 2. The summed E-state index contributed by atoms with van der Waals surface area (Å²) >= 11 is 3.16. The van der Waals surface area contributed by atoms with E-state index in [1.165, 1.54) is 25.1 Å². The van der Waals surface area contributed by atoms with E-state index in [1.807, 2.05) is 19.2 Å². The van der Waals surface area contributed by atoms with Gasteiger partial charge in [0.25, 0.3) is 0 Å². The van der Waals surface area contributed by atoms with E-state index in [0.29, 0.717) is 4.48 Å². The third-order valence-electron chi connectivity index (χ3n) is 3.70. The molecule has 1 aliphatic carbocycles. The van der Waals surface area contributed by atoms with Crippen molar-refractivity contribution in [3.8, 4) is 0 Å². The van der Waals surface area contributed by atoms with Crippen LogP contribution in [0.3, 0.4) is 0 Å². The minimum Gasteiger partial charge on any atom is -0.469 e. The lowest BCUT2D eigenvalue weighted by molar-refractivity contribution is -0.153. The second kappa shape index (κ2) is 14.5. The van der Waals surface area contributed by atoms with Crippen LogP contribution in [0.15, 0.2) is 39.9 Å². The van der Waals surface area contributed by atoms with Gasteiger partial charge in [-0.2, -0.15) is 13.2 Å². The van der Waals surface area contributed by atoms with Gasteiger partial charge >= 0.3 is 6.18 Å². The van der Waals surface area contributed by atoms with E-state index in [1.54, 1.807) is 18.9 Å². The van der Waals surface area contributed by atoms with Crippen LogP contribution >= 0.6 is 15.9 Å². The predicted octanol–water partition coefficient (Wildman–Crippen LogP) is 4.19. The molecule has 168 valence electrons. The Bertz CT molecular complexity index is 576. The summed E-state index contributed by atoms with van der Waals surface area (Å²) in [4.78, 5) is 3.64. The Kier molecular flexibility index (Phi) is 13.7. The summed E-state index contributed by atoms with van der Waals surface area (Å²) in [6, 6.07) is 0. The lowest BCUT2D eigenvalue weighted by Gasteiger charge is -2.20. The molecule has 6 nitrogen and oxygen atoms in total. The van der Waals surface area contributed by atoms with Crippen molar-refractivity contribution in [1.82, 2.24) is 5.01 Å². The number of hydrazine groups is 1. The van der Waals surface area contributed by atoms with Gasteiger partial charge in [0.05, 0.1) is 10.4 Å². The van der Waals surface area contributed by atoms with E-state index >= 15 is 0 Å². The number of nitrogens with zero attached hydrogens (tertiary/aromatic N) is 2. The van der Waals surface area contributed by atoms with Gasteiger partial charge in [0.1, 0.15) is 6.10 Å². The Morgan fingerprint density at radius 1 is 1.48 bits per heavy atom. The molecule has 2 unspecified atom stereocenters. The second-order valence-electron chi connectivity index (χ2n) is 6.45. The monoisotopic (exact) mass is 484 g/mol. The first-order valence-corrected chi connectivity index (χ1v) is 10.2. The van der Waals surface area contributed by atoms with E-state index in [0.717, 1.165) is 18.7 Å². The van der Waals surface area contributed by atoms with E-state index in [9.17, 15) is 13.2 Å². The maximum absolute atomic E-state index is 12.3. The van der Waals surface area contributed by atoms with Crippen molar-refractivity contribution in [1.29, 1.82) is 0 Å². The zero-order valence-electron chi connectivity index (χ0n) is 17.1. The van der Waals surface area contributed by atoms with Crippen LogP contribution in [-0.4, -0.2) is 41.8 Å². The van der Waals surface area contributed by atoms with Crippen LogP contribution in [0.4, 0.5) is 13.2 Å². The summed E-state index contributed by atoms with van der Waals surface area (Å²) < 4.78 is 42.9. The third kappa shape index (κ3) is 13.3. The lowest BCUT2D eigenvalue weighted by atomic mass is 10.1. The van der Waals surface area contributed by atoms with Gasteiger partial charge in [-0.1, -0.05) is 22.0 Å². The summed E-state index contributed by atoms with van der Waals surface area (Å²) in [5, 5.41) is 9.33. The number of aliphatic imine (C=N–C) groups is 1. The van der Waals surface area contributed by atoms with Crippen molar-refractivity contribution in [2.75, 3.05) is 13.2 Å². The van der Waals surface area contributed by atoms with Gasteiger partial charge in [-0.15, -0.1) is 0 Å². The number of aliphatic hydroxyl groups is 1. The van der Waals surface area contributed by atoms with Crippen LogP contribution in [0.1, 0.15) is 40.0 Å². The molecule has 0 amide bonds. The zero-order valence-corrected chi connectivity index (χ0v) is 18.7. The minimum absolute atomic E-state index is 0.154. The Balaban J connectivity index is 0.000000544. The molecular weight excluding hydrogens is 453 g/mol. The molecule has 1 heterocycles. The van der Waals surface area contributed by atoms with Crippen molar-refractivity contribution in [2.24, 2.45) is 28.4 Å². The summed E-state index contributed by atoms with van der Waals surface area (Å²) in [6.45, 7) is 6.65. The quantitative estimate of drug-likeness (QED) is 0.388. The number of halogens is 4. The van der Waals surface area contributed by atoms with Crippen LogP contribution in [0.5, 0.6) is 0 Å². The molecule has 0 radical (unpaired) electrons. The van der Waals surface area contributed by atoms with Gasteiger partial charge in [-0.25, -0.2) is 10.8 Å². The molecule has 2 rings (SSSR count). The zero-order chi connectivity index (χ0) is 22.4. The highest BCUT2D eigenvalue weighted by Gasteiger charge is 2.38. The van der Waals surface area contributed by atoms with Gasteiger partial charge < -0.3 is 20.6 Å². The number of rotatable bonds is 6. The first-order valence-electron chi connectivity index (χ1n) is 9.38. The highest BCUT2D eigenvalue weighted by Crippen LogP contribution is 2.31. The van der Waals surface area contributed by atoms with Crippen LogP contribution in [-0.2, 0) is 4.74 Å². The first-order chi connectivity index (χ1) is 13.6. The van der Waals surface area contributed by atoms with Gasteiger partial charge in [0.2, 0.25) is 5.88 Å². The fraction of sp³-hybridized carbons (Fsp3) is 0.632. The molecule has 1 fully saturated rings. The summed E-state index contributed by atoms with van der Waals surface area (Å²) in [6.07, 6.45) is 5.32. The SMILES string of the molecule is C/C=C/N(N)CC1CC1.CC(OC1=CCC(C(F)(F)F)C=N1)/C(Br)=C/N.CCO. The predicted molar refractivity (Wildman–Crippen MR) is 114 cm³/mol. The van der Waals surface area contributed by atoms with Crippen molar-refractivity contribution in [3.63, 3.8) is 0 Å². The molecule has 2 aliphatic rings. The van der Waals surface area contributed by atoms with Gasteiger partial charge in [0, 0.05) is 31.8 Å². The Hall–Kier alpha value is -1.52. The number of hydrogen-bond acceptors (Lipinski definition) is 6. The topological polar surface area (TPSA) is 97.1 Å². The van der Waals surface area contributed by atoms with E-state index < -0.39 is 12.1 Å². The number of allylic oxidation sites excluding steroid dienone is 2. The molecule has 1 aliphatic heterocycles. The Morgan fingerprint density at radius 2 is 2.07 bits per heavy atom. The van der Waals surface area contributed by atoms with E-state index in [4.69, 9.17) is 21.4 Å². The average molecular weight is 485 g/mol. The van der Waals surface area contributed by atoms with Crippen molar-refractivity contribution in [3.05, 3.63) is 34.9 Å². The highest BCUT2D eigenvalue weighted by atomic mass is 79.9. The van der Waals surface area contributed by atoms with E-state index in [2.05, 4.69) is 20.9 Å². The molecule has 10 heteroatoms. The normalized spacial score (nSPS) is 20.1. The Labute approximate surface area is 179 Å². The average Bonchev–Trinajstić information content (AvgIpc) is 3.46. The van der Waals surface area contributed by atoms with Crippen molar-refractivity contribution >= 4 is 22.1 Å². The van der Waals surface area contributed by atoms with Crippen LogP contribution < -0.4 is 11.6 Å². The number of aliphatic hydroxyl groups excluding tert-OH is 1. The fourth-order valence-electron chi connectivity index (χ4n) is 2.03. The standard InChI is InChI=1S/C10H12BrF3N2O.C7H14N2.C2H6O/c1-6(8(11)4-15)17-9-3-2-7(5-16-9)10(12,13)14;1-2-5-9(8)6-7-3-4-7;1-2-3/h3-7H,2,15H2,1H3;2,5,7H,3-4,6,8H2,1H3;3H,2H2,1H3/b8-4-;5-2+;. The fourth-order valence-corrected chi connectivity index (χ4v) is 2.12.